The summed E-state index contributed by atoms with van der Waals surface area (Å²) in [4.78, 5) is 4.01. The number of aromatic nitrogens is 4. The molecule has 0 bridgehead atoms. The number of aryl methyl sites for hydroxylation is 1. The summed E-state index contributed by atoms with van der Waals surface area (Å²) in [6, 6.07) is 0.629. The van der Waals surface area contributed by atoms with Crippen molar-refractivity contribution in [3.63, 3.8) is 0 Å². The van der Waals surface area contributed by atoms with Crippen LogP contribution in [0.2, 0.25) is 0 Å². The molecule has 2 saturated heterocycles. The highest BCUT2D eigenvalue weighted by Crippen LogP contribution is 2.32. The van der Waals surface area contributed by atoms with Crippen molar-refractivity contribution in [1.82, 2.24) is 30.4 Å². The van der Waals surface area contributed by atoms with Crippen LogP contribution in [0.3, 0.4) is 0 Å². The molecule has 0 aliphatic carbocycles. The smallest absolute Gasteiger partial charge is 0.188 e. The highest BCUT2D eigenvalue weighted by Gasteiger charge is 2.41. The molecule has 2 fully saturated rings. The van der Waals surface area contributed by atoms with Crippen molar-refractivity contribution < 1.29 is 0 Å². The number of hydrogen-bond acceptors (Lipinski definition) is 5. The molecule has 0 saturated carbocycles. The lowest BCUT2D eigenvalue weighted by Gasteiger charge is -2.22. The van der Waals surface area contributed by atoms with E-state index >= 15 is 0 Å². The number of tetrazole rings is 1. The van der Waals surface area contributed by atoms with Gasteiger partial charge in [0.25, 0.3) is 0 Å². The molecular formula is C10H18N6. The zero-order valence-corrected chi connectivity index (χ0v) is 9.80. The first-order valence-electron chi connectivity index (χ1n) is 5.91. The molecule has 3 heterocycles. The van der Waals surface area contributed by atoms with E-state index in [0.29, 0.717) is 6.04 Å². The van der Waals surface area contributed by atoms with E-state index in [1.807, 2.05) is 7.05 Å². The number of nitrogens with zero attached hydrogens (tertiary/aromatic N) is 5. The highest BCUT2D eigenvalue weighted by atomic mass is 15.6. The fraction of sp³-hybridized carbons (Fsp3) is 0.900. The second-order valence-corrected chi connectivity index (χ2v) is 4.95. The Balaban J connectivity index is 1.68. The van der Waals surface area contributed by atoms with E-state index in [1.165, 1.54) is 11.3 Å². The van der Waals surface area contributed by atoms with Gasteiger partial charge in [-0.05, 0) is 37.1 Å². The normalized spacial score (nSPS) is 34.5. The SMILES string of the molecule is CC1C2CNCC2CN1Cc1nnn(C)n1. The van der Waals surface area contributed by atoms with Gasteiger partial charge in [-0.1, -0.05) is 0 Å². The van der Waals surface area contributed by atoms with Crippen LogP contribution >= 0.6 is 0 Å². The quantitative estimate of drug-likeness (QED) is 0.713. The first-order valence-corrected chi connectivity index (χ1v) is 5.91. The summed E-state index contributed by atoms with van der Waals surface area (Å²) in [5.41, 5.74) is 0. The molecule has 0 amide bonds. The number of rotatable bonds is 2. The Kier molecular flexibility index (Phi) is 2.40. The van der Waals surface area contributed by atoms with Gasteiger partial charge in [-0.25, -0.2) is 0 Å². The van der Waals surface area contributed by atoms with Gasteiger partial charge < -0.3 is 5.32 Å². The predicted molar refractivity (Wildman–Crippen MR) is 58.5 cm³/mol. The van der Waals surface area contributed by atoms with Crippen molar-refractivity contribution in [2.24, 2.45) is 18.9 Å². The van der Waals surface area contributed by atoms with E-state index < -0.39 is 0 Å². The molecule has 3 unspecified atom stereocenters. The van der Waals surface area contributed by atoms with Crippen molar-refractivity contribution in [1.29, 1.82) is 0 Å². The Morgan fingerprint density at radius 3 is 3.00 bits per heavy atom. The van der Waals surface area contributed by atoms with E-state index in [1.54, 1.807) is 0 Å². The highest BCUT2D eigenvalue weighted by molar-refractivity contribution is 4.97. The Morgan fingerprint density at radius 1 is 1.44 bits per heavy atom. The third-order valence-corrected chi connectivity index (χ3v) is 3.95. The van der Waals surface area contributed by atoms with Crippen LogP contribution in [0.15, 0.2) is 0 Å². The first-order chi connectivity index (χ1) is 7.74. The van der Waals surface area contributed by atoms with Gasteiger partial charge in [0.2, 0.25) is 0 Å². The lowest BCUT2D eigenvalue weighted by atomic mass is 9.95. The van der Waals surface area contributed by atoms with Gasteiger partial charge in [0.05, 0.1) is 13.6 Å². The molecule has 0 radical (unpaired) electrons. The molecule has 2 aliphatic rings. The standard InChI is InChI=1S/C10H18N6/c1-7-9-4-11-3-8(9)5-16(7)6-10-12-14-15(2)13-10/h7-9,11H,3-6H2,1-2H3. The maximum atomic E-state index is 4.24. The third-order valence-electron chi connectivity index (χ3n) is 3.95. The molecule has 3 rings (SSSR count). The van der Waals surface area contributed by atoms with Crippen LogP contribution in [0.4, 0.5) is 0 Å². The van der Waals surface area contributed by atoms with Crippen LogP contribution in [-0.2, 0) is 13.6 Å². The van der Waals surface area contributed by atoms with Crippen LogP contribution in [0, 0.1) is 11.8 Å². The van der Waals surface area contributed by atoms with Crippen molar-refractivity contribution >= 4 is 0 Å². The van der Waals surface area contributed by atoms with E-state index in [-0.39, 0.29) is 0 Å². The maximum absolute atomic E-state index is 4.24. The van der Waals surface area contributed by atoms with Crippen molar-refractivity contribution in [2.75, 3.05) is 19.6 Å². The second-order valence-electron chi connectivity index (χ2n) is 4.95. The summed E-state index contributed by atoms with van der Waals surface area (Å²) >= 11 is 0. The van der Waals surface area contributed by atoms with E-state index in [9.17, 15) is 0 Å². The van der Waals surface area contributed by atoms with Gasteiger partial charge in [0.1, 0.15) is 0 Å². The van der Waals surface area contributed by atoms with Crippen molar-refractivity contribution in [2.45, 2.75) is 19.5 Å². The Bertz CT molecular complexity index is 375. The number of likely N-dealkylation sites (tertiary alicyclic amines) is 1. The molecule has 0 aromatic carbocycles. The van der Waals surface area contributed by atoms with E-state index in [2.05, 4.69) is 32.6 Å². The Hall–Kier alpha value is -1.01. The van der Waals surface area contributed by atoms with Crippen LogP contribution in [0.25, 0.3) is 0 Å². The fourth-order valence-corrected chi connectivity index (χ4v) is 3.03. The summed E-state index contributed by atoms with van der Waals surface area (Å²) in [5.74, 6) is 2.45. The van der Waals surface area contributed by atoms with Gasteiger partial charge in [0.15, 0.2) is 5.82 Å². The molecule has 1 N–H and O–H groups in total. The molecular weight excluding hydrogens is 204 g/mol. The topological polar surface area (TPSA) is 58.9 Å². The monoisotopic (exact) mass is 222 g/mol. The largest absolute Gasteiger partial charge is 0.316 e. The minimum absolute atomic E-state index is 0.629. The lowest BCUT2D eigenvalue weighted by Crippen LogP contribution is -2.33. The van der Waals surface area contributed by atoms with E-state index in [0.717, 1.165) is 37.3 Å². The van der Waals surface area contributed by atoms with Gasteiger partial charge >= 0.3 is 0 Å². The van der Waals surface area contributed by atoms with Gasteiger partial charge in [0, 0.05) is 12.6 Å². The number of fused-ring (bicyclic) bond motifs is 1. The Morgan fingerprint density at radius 2 is 2.31 bits per heavy atom. The molecule has 2 aliphatic heterocycles. The van der Waals surface area contributed by atoms with Crippen molar-refractivity contribution in [3.8, 4) is 0 Å². The lowest BCUT2D eigenvalue weighted by molar-refractivity contribution is 0.226. The van der Waals surface area contributed by atoms with Crippen LogP contribution in [0.5, 0.6) is 0 Å². The average molecular weight is 222 g/mol. The fourth-order valence-electron chi connectivity index (χ4n) is 3.03. The van der Waals surface area contributed by atoms with Crippen LogP contribution in [0.1, 0.15) is 12.7 Å². The summed E-state index contributed by atoms with van der Waals surface area (Å²) in [6.45, 7) is 6.64. The van der Waals surface area contributed by atoms with Gasteiger partial charge in [-0.3, -0.25) is 4.90 Å². The molecule has 1 aromatic heterocycles. The zero-order valence-electron chi connectivity index (χ0n) is 9.80. The molecule has 16 heavy (non-hydrogen) atoms. The predicted octanol–water partition coefficient (Wildman–Crippen LogP) is -0.750. The third kappa shape index (κ3) is 1.62. The van der Waals surface area contributed by atoms with Gasteiger partial charge in [-0.15, -0.1) is 10.2 Å². The second kappa shape index (κ2) is 3.78. The minimum Gasteiger partial charge on any atom is -0.316 e. The molecule has 3 atom stereocenters. The molecule has 88 valence electrons. The molecule has 6 heteroatoms. The first kappa shape index (κ1) is 10.2. The molecule has 6 nitrogen and oxygen atoms in total. The zero-order chi connectivity index (χ0) is 11.1. The number of nitrogens with one attached hydrogen (secondary N) is 1. The molecule has 1 aromatic rings. The molecule has 0 spiro atoms. The average Bonchev–Trinajstić information content (AvgIpc) is 2.90. The summed E-state index contributed by atoms with van der Waals surface area (Å²) < 4.78 is 0. The minimum atomic E-state index is 0.629. The van der Waals surface area contributed by atoms with Crippen LogP contribution in [-0.4, -0.2) is 50.8 Å². The van der Waals surface area contributed by atoms with E-state index in [4.69, 9.17) is 0 Å². The summed E-state index contributed by atoms with van der Waals surface area (Å²) in [7, 11) is 1.81. The van der Waals surface area contributed by atoms with Crippen LogP contribution < -0.4 is 5.32 Å². The van der Waals surface area contributed by atoms with Crippen molar-refractivity contribution in [3.05, 3.63) is 5.82 Å². The summed E-state index contributed by atoms with van der Waals surface area (Å²) in [5, 5.41) is 15.6. The van der Waals surface area contributed by atoms with Gasteiger partial charge in [-0.2, -0.15) is 4.80 Å². The Labute approximate surface area is 95.0 Å². The number of hydrogen-bond donors (Lipinski definition) is 1. The summed E-state index contributed by atoms with van der Waals surface area (Å²) in [6.07, 6.45) is 0. The maximum Gasteiger partial charge on any atom is 0.188 e.